The zero-order valence-electron chi connectivity index (χ0n) is 41.5. The zero-order chi connectivity index (χ0) is 47.8. The summed E-state index contributed by atoms with van der Waals surface area (Å²) >= 11 is 11.0. The maximum Gasteiger partial charge on any atom is 0.259 e. The van der Waals surface area contributed by atoms with Gasteiger partial charge in [0, 0.05) is 42.1 Å². The molecule has 1 aliphatic carbocycles. The Morgan fingerprint density at radius 2 is 1.04 bits per heavy atom. The molecule has 0 fully saturated rings. The molecule has 0 amide bonds. The first-order valence-electron chi connectivity index (χ1n) is 26.7. The number of nitrogens with zero attached hydrogens (tertiary/aromatic N) is 1. The largest absolute Gasteiger partial charge is 0.307 e. The van der Waals surface area contributed by atoms with Gasteiger partial charge in [-0.2, -0.15) is 0 Å². The number of carbonyl (C=O) groups excluding carboxylic acids is 2. The molecule has 1 aromatic carbocycles. The van der Waals surface area contributed by atoms with Gasteiger partial charge in [-0.1, -0.05) is 180 Å². The summed E-state index contributed by atoms with van der Waals surface area (Å²) in [5.41, 5.74) is 5.24. The molecule has 6 aromatic rings. The molecule has 366 valence electrons. The quantitative estimate of drug-likeness (QED) is 0.0248. The Labute approximate surface area is 432 Å². The van der Waals surface area contributed by atoms with Crippen LogP contribution >= 0.6 is 61.3 Å². The smallest absolute Gasteiger partial charge is 0.259 e. The number of aryl methyl sites for hydroxylation is 2. The average Bonchev–Trinajstić information content (AvgIpc) is 4.18. The van der Waals surface area contributed by atoms with E-state index in [2.05, 4.69) is 72.5 Å². The van der Waals surface area contributed by atoms with Gasteiger partial charge in [0.1, 0.15) is 0 Å². The molecule has 0 saturated carbocycles. The first kappa shape index (κ1) is 52.9. The van der Waals surface area contributed by atoms with Crippen molar-refractivity contribution in [3.8, 4) is 19.5 Å². The van der Waals surface area contributed by atoms with Gasteiger partial charge in [-0.15, -0.1) is 45.3 Å². The van der Waals surface area contributed by atoms with Crippen molar-refractivity contribution in [2.75, 3.05) is 0 Å². The SMILES string of the molecule is CCCCCCCCCCC(CCCCCCCC)Cn1c(=O)c2cc(Br)sc2c2sc(-c3sc(-c4sc(C=C5C(=O)c6ccccc6C5=O)cc4CCCCCC)cc3CCCCCC)cc21. The molecule has 0 spiro atoms. The lowest BCUT2D eigenvalue weighted by Gasteiger charge is -2.19. The van der Waals surface area contributed by atoms with Crippen LogP contribution in [0.2, 0.25) is 0 Å². The lowest BCUT2D eigenvalue weighted by molar-refractivity contribution is 0.0990. The van der Waals surface area contributed by atoms with E-state index in [9.17, 15) is 14.4 Å². The fraction of sp³-hybridized carbons (Fsp3) is 0.542. The average molecular weight is 1060 g/mol. The van der Waals surface area contributed by atoms with E-state index in [-0.39, 0.29) is 22.7 Å². The number of ketones is 2. The number of pyridine rings is 1. The third-order valence-corrected chi connectivity index (χ3v) is 19.7. The number of thiophene rings is 4. The van der Waals surface area contributed by atoms with Gasteiger partial charge in [0.05, 0.1) is 29.7 Å². The topological polar surface area (TPSA) is 56.1 Å². The first-order chi connectivity index (χ1) is 33.3. The van der Waals surface area contributed by atoms with Crippen molar-refractivity contribution in [1.82, 2.24) is 4.57 Å². The maximum absolute atomic E-state index is 14.8. The number of hydrogen-bond donors (Lipinski definition) is 0. The van der Waals surface area contributed by atoms with Gasteiger partial charge in [-0.05, 0) is 102 Å². The minimum atomic E-state index is -0.171. The Kier molecular flexibility index (Phi) is 21.0. The fourth-order valence-corrected chi connectivity index (χ4v) is 15.8. The molecule has 5 heterocycles. The van der Waals surface area contributed by atoms with Gasteiger partial charge in [0.15, 0.2) is 11.6 Å². The third-order valence-electron chi connectivity index (χ3n) is 14.1. The van der Waals surface area contributed by atoms with Gasteiger partial charge >= 0.3 is 0 Å². The minimum absolute atomic E-state index is 0.157. The summed E-state index contributed by atoms with van der Waals surface area (Å²) in [5, 5.41) is 0.843. The molecule has 4 nitrogen and oxygen atoms in total. The highest BCUT2D eigenvalue weighted by molar-refractivity contribution is 9.11. The number of halogens is 1. The Morgan fingerprint density at radius 1 is 0.544 bits per heavy atom. The summed E-state index contributed by atoms with van der Waals surface area (Å²) in [6.45, 7) is 9.90. The summed E-state index contributed by atoms with van der Waals surface area (Å²) in [6.07, 6.45) is 34.0. The van der Waals surface area contributed by atoms with E-state index in [1.807, 2.05) is 40.9 Å². The Morgan fingerprint density at radius 3 is 1.62 bits per heavy atom. The van der Waals surface area contributed by atoms with Crippen LogP contribution in [0.3, 0.4) is 0 Å². The van der Waals surface area contributed by atoms with Gasteiger partial charge in [-0.25, -0.2) is 0 Å². The van der Waals surface area contributed by atoms with E-state index in [1.165, 1.54) is 177 Å². The van der Waals surface area contributed by atoms with Crippen LogP contribution in [0.4, 0.5) is 0 Å². The molecule has 68 heavy (non-hydrogen) atoms. The predicted octanol–water partition coefficient (Wildman–Crippen LogP) is 20.1. The van der Waals surface area contributed by atoms with Crippen molar-refractivity contribution < 1.29 is 9.59 Å². The first-order valence-corrected chi connectivity index (χ1v) is 30.7. The molecule has 0 N–H and O–H groups in total. The van der Waals surface area contributed by atoms with E-state index in [1.54, 1.807) is 34.8 Å². The number of carbonyl (C=O) groups is 2. The molecular formula is C59H76BrNO3S4. The van der Waals surface area contributed by atoms with Crippen LogP contribution in [0, 0.1) is 5.92 Å². The molecule has 7 rings (SSSR count). The molecular weight excluding hydrogens is 979 g/mol. The number of benzene rings is 1. The van der Waals surface area contributed by atoms with Crippen molar-refractivity contribution >= 4 is 99.2 Å². The third kappa shape index (κ3) is 13.5. The molecule has 1 atom stereocenters. The van der Waals surface area contributed by atoms with E-state index in [0.717, 1.165) is 56.5 Å². The molecule has 1 unspecified atom stereocenters. The van der Waals surface area contributed by atoms with Crippen LogP contribution < -0.4 is 5.56 Å². The highest BCUT2D eigenvalue weighted by Gasteiger charge is 2.33. The molecule has 1 aliphatic rings. The molecule has 5 aromatic heterocycles. The van der Waals surface area contributed by atoms with Crippen molar-refractivity contribution in [1.29, 1.82) is 0 Å². The zero-order valence-corrected chi connectivity index (χ0v) is 46.4. The molecule has 0 radical (unpaired) electrons. The number of hydrogen-bond acceptors (Lipinski definition) is 7. The lowest BCUT2D eigenvalue weighted by atomic mass is 9.93. The molecule has 0 aliphatic heterocycles. The van der Waals surface area contributed by atoms with Crippen LogP contribution in [0.1, 0.15) is 219 Å². The summed E-state index contributed by atoms with van der Waals surface area (Å²) in [5.74, 6) is 0.139. The maximum atomic E-state index is 14.8. The number of Topliss-reactive ketones (excluding diaryl/α,β-unsaturated/α-hetero) is 2. The second kappa shape index (κ2) is 27.0. The number of aromatic nitrogens is 1. The summed E-state index contributed by atoms with van der Waals surface area (Å²) < 4.78 is 5.53. The molecule has 0 saturated heterocycles. The summed E-state index contributed by atoms with van der Waals surface area (Å²) in [7, 11) is 0. The standard InChI is InChI=1S/C59H76BrNO3S4/c1-5-9-13-17-19-20-22-24-30-41(29-23-21-18-14-10-6-2)40-61-49-39-51(67-58(49)57-48(59(61)64)38-52(60)68-57)56-43(32-26-16-12-8-4)36-50(66-56)55-42(31-25-15-11-7-3)35-44(65-55)37-47-53(62)45-33-27-28-34-46(45)54(47)63/h27-28,33-39,41H,5-26,29-32,40H2,1-4H3. The van der Waals surface area contributed by atoms with Gasteiger partial charge in [0.2, 0.25) is 0 Å². The Bertz CT molecular complexity index is 2630. The van der Waals surface area contributed by atoms with Crippen LogP contribution in [0.5, 0.6) is 0 Å². The highest BCUT2D eigenvalue weighted by atomic mass is 79.9. The van der Waals surface area contributed by atoms with Crippen LogP contribution in [-0.4, -0.2) is 16.1 Å². The highest BCUT2D eigenvalue weighted by Crippen LogP contribution is 2.48. The monoisotopic (exact) mass is 1050 g/mol. The van der Waals surface area contributed by atoms with Crippen LogP contribution in [-0.2, 0) is 19.4 Å². The van der Waals surface area contributed by atoms with E-state index >= 15 is 0 Å². The van der Waals surface area contributed by atoms with Crippen molar-refractivity contribution in [2.45, 2.75) is 201 Å². The van der Waals surface area contributed by atoms with Crippen LogP contribution in [0.25, 0.3) is 45.9 Å². The second-order valence-electron chi connectivity index (χ2n) is 19.6. The van der Waals surface area contributed by atoms with E-state index in [0.29, 0.717) is 17.0 Å². The summed E-state index contributed by atoms with van der Waals surface area (Å²) in [4.78, 5) is 47.9. The number of rotatable bonds is 31. The number of fused-ring (bicyclic) bond motifs is 4. The Balaban J connectivity index is 1.25. The lowest BCUT2D eigenvalue weighted by Crippen LogP contribution is -2.24. The predicted molar refractivity (Wildman–Crippen MR) is 303 cm³/mol. The van der Waals surface area contributed by atoms with Crippen molar-refractivity contribution in [3.63, 3.8) is 0 Å². The van der Waals surface area contributed by atoms with Gasteiger partial charge in [0.25, 0.3) is 5.56 Å². The number of unbranched alkanes of at least 4 members (excludes halogenated alkanes) is 18. The van der Waals surface area contributed by atoms with Crippen LogP contribution in [0.15, 0.2) is 62.7 Å². The van der Waals surface area contributed by atoms with Crippen molar-refractivity contribution in [3.05, 3.63) is 95.4 Å². The normalized spacial score (nSPS) is 13.2. The molecule has 0 bridgehead atoms. The van der Waals surface area contributed by atoms with Gasteiger partial charge < -0.3 is 4.57 Å². The Hall–Kier alpha value is -2.95. The number of allylic oxidation sites excluding steroid dienone is 1. The van der Waals surface area contributed by atoms with E-state index in [4.69, 9.17) is 0 Å². The summed E-state index contributed by atoms with van der Waals surface area (Å²) in [6, 6.07) is 16.4. The van der Waals surface area contributed by atoms with Crippen molar-refractivity contribution in [2.24, 2.45) is 5.92 Å². The van der Waals surface area contributed by atoms with E-state index < -0.39 is 0 Å². The van der Waals surface area contributed by atoms with Gasteiger partial charge in [-0.3, -0.25) is 14.4 Å². The molecule has 9 heteroatoms. The minimum Gasteiger partial charge on any atom is -0.307 e. The fourth-order valence-electron chi connectivity index (χ4n) is 10.2. The second-order valence-corrected chi connectivity index (χ2v) is 25.2.